The van der Waals surface area contributed by atoms with Gasteiger partial charge in [-0.05, 0) is 96.1 Å². The Morgan fingerprint density at radius 1 is 0.980 bits per heavy atom. The molecule has 5 aliphatic rings. The Hall–Kier alpha value is -4.29. The van der Waals surface area contributed by atoms with Crippen LogP contribution in [0.15, 0.2) is 42.7 Å². The Bertz CT molecular complexity index is 1930. The second-order valence-electron chi connectivity index (χ2n) is 16.8. The number of likely N-dealkylation sites (tertiary alicyclic amines) is 3. The Morgan fingerprint density at radius 2 is 1.71 bits per heavy atom. The molecule has 4 aliphatic heterocycles. The van der Waals surface area contributed by atoms with Crippen molar-refractivity contribution in [2.24, 2.45) is 5.41 Å². The average Bonchev–Trinajstić information content (AvgIpc) is 3.43. The summed E-state index contributed by atoms with van der Waals surface area (Å²) in [4.78, 5) is 35.2. The Kier molecular flexibility index (Phi) is 7.77. The van der Waals surface area contributed by atoms with E-state index in [0.717, 1.165) is 69.0 Å². The summed E-state index contributed by atoms with van der Waals surface area (Å²) in [5.74, 6) is 1.45. The summed E-state index contributed by atoms with van der Waals surface area (Å²) in [6, 6.07) is 10.7. The zero-order valence-corrected chi connectivity index (χ0v) is 30.2. The highest BCUT2D eigenvalue weighted by Gasteiger charge is 2.57. The van der Waals surface area contributed by atoms with E-state index >= 15 is 0 Å². The molecule has 1 saturated carbocycles. The zero-order valence-electron chi connectivity index (χ0n) is 30.2. The first-order chi connectivity index (χ1) is 24.5. The summed E-state index contributed by atoms with van der Waals surface area (Å²) in [7, 11) is 0. The van der Waals surface area contributed by atoms with Gasteiger partial charge in [0.25, 0.3) is 0 Å². The van der Waals surface area contributed by atoms with Gasteiger partial charge >= 0.3 is 6.09 Å². The van der Waals surface area contributed by atoms with Crippen LogP contribution in [0.2, 0.25) is 0 Å². The molecule has 12 heteroatoms. The molecule has 4 fully saturated rings. The van der Waals surface area contributed by atoms with Gasteiger partial charge in [-0.25, -0.2) is 14.8 Å². The molecule has 0 bridgehead atoms. The first kappa shape index (κ1) is 32.6. The summed E-state index contributed by atoms with van der Waals surface area (Å²) < 4.78 is 5.55. The molecular formula is C39H49N9O3. The summed E-state index contributed by atoms with van der Waals surface area (Å²) in [6.07, 6.45) is 9.52. The van der Waals surface area contributed by atoms with E-state index in [0.29, 0.717) is 34.7 Å². The number of anilines is 1. The van der Waals surface area contributed by atoms with E-state index in [1.54, 1.807) is 6.07 Å². The predicted octanol–water partition coefficient (Wildman–Crippen LogP) is 5.51. The number of rotatable bonds is 5. The quantitative estimate of drug-likeness (QED) is 0.277. The number of fused-ring (bicyclic) bond motifs is 3. The number of phenols is 1. The van der Waals surface area contributed by atoms with Gasteiger partial charge in [-0.2, -0.15) is 0 Å². The van der Waals surface area contributed by atoms with Crippen LogP contribution >= 0.6 is 0 Å². The third kappa shape index (κ3) is 5.90. The molecule has 1 spiro atoms. The number of hydrogen-bond acceptors (Lipinski definition) is 10. The molecule has 0 unspecified atom stereocenters. The minimum atomic E-state index is -0.432. The topological polar surface area (TPSA) is 127 Å². The standard InChI is InChI=1S/C39H49N9O3/c1-24-34-30-15-32(29-7-5-6-8-33(29)49)43-44-35(30)42-31(34)11-14-48(24)36-40-18-26(19-41-36)25-9-12-45(13-10-25)28-20-46(21-28)27-16-39(17-27)22-47(23-39)37(50)51-38(2,3)4/h5-8,15,18-19,24-25,27-28,49H,9-14,16-17,20-23H2,1-4H3,(H,42,44)/t24-/m1/s1. The number of benzene rings is 1. The van der Waals surface area contributed by atoms with Crippen LogP contribution in [0.4, 0.5) is 10.7 Å². The minimum absolute atomic E-state index is 0.0613. The van der Waals surface area contributed by atoms with E-state index in [1.165, 1.54) is 42.8 Å². The van der Waals surface area contributed by atoms with Gasteiger partial charge in [0.2, 0.25) is 5.95 Å². The van der Waals surface area contributed by atoms with Gasteiger partial charge in [0.15, 0.2) is 5.65 Å². The summed E-state index contributed by atoms with van der Waals surface area (Å²) >= 11 is 0. The third-order valence-electron chi connectivity index (χ3n) is 12.2. The number of H-pyrrole nitrogens is 1. The lowest BCUT2D eigenvalue weighted by Crippen LogP contribution is -2.72. The van der Waals surface area contributed by atoms with E-state index in [-0.39, 0.29) is 17.9 Å². The number of aromatic amines is 1. The molecule has 1 aromatic carbocycles. The number of para-hydroxylation sites is 1. The van der Waals surface area contributed by atoms with Crippen molar-refractivity contribution in [1.29, 1.82) is 0 Å². The van der Waals surface area contributed by atoms with Crippen molar-refractivity contribution in [3.05, 3.63) is 59.5 Å². The van der Waals surface area contributed by atoms with Gasteiger partial charge in [-0.15, -0.1) is 10.2 Å². The van der Waals surface area contributed by atoms with E-state index < -0.39 is 5.60 Å². The summed E-state index contributed by atoms with van der Waals surface area (Å²) in [5.41, 5.74) is 5.62. The van der Waals surface area contributed by atoms with Crippen LogP contribution in [0.3, 0.4) is 0 Å². The van der Waals surface area contributed by atoms with Crippen molar-refractivity contribution in [3.63, 3.8) is 0 Å². The molecule has 2 N–H and O–H groups in total. The zero-order chi connectivity index (χ0) is 35.1. The van der Waals surface area contributed by atoms with E-state index in [2.05, 4.69) is 49.2 Å². The van der Waals surface area contributed by atoms with Gasteiger partial charge in [-0.1, -0.05) is 12.1 Å². The fourth-order valence-corrected chi connectivity index (χ4v) is 9.39. The maximum Gasteiger partial charge on any atom is 0.410 e. The number of carbonyl (C=O) groups is 1. The lowest BCUT2D eigenvalue weighted by molar-refractivity contribution is -0.131. The molecule has 1 amide bonds. The Morgan fingerprint density at radius 3 is 2.41 bits per heavy atom. The lowest BCUT2D eigenvalue weighted by Gasteiger charge is -2.63. The molecule has 12 nitrogen and oxygen atoms in total. The molecule has 3 saturated heterocycles. The SMILES string of the molecule is C[C@@H]1c2c([nH]c3nnc(-c4ccccc4O)cc23)CCN1c1ncc(C2CCN(C3CN(C4CC5(C4)CN(C(=O)OC(C)(C)C)C5)C3)CC2)cn1. The maximum absolute atomic E-state index is 12.4. The highest BCUT2D eigenvalue weighted by Crippen LogP contribution is 2.51. The number of hydrogen-bond donors (Lipinski definition) is 2. The van der Waals surface area contributed by atoms with Crippen LogP contribution < -0.4 is 4.90 Å². The lowest BCUT2D eigenvalue weighted by atomic mass is 9.60. The highest BCUT2D eigenvalue weighted by atomic mass is 16.6. The summed E-state index contributed by atoms with van der Waals surface area (Å²) in [5, 5.41) is 20.3. The molecule has 1 aliphatic carbocycles. The minimum Gasteiger partial charge on any atom is -0.507 e. The van der Waals surface area contributed by atoms with E-state index in [1.807, 2.05) is 49.9 Å². The van der Waals surface area contributed by atoms with Gasteiger partial charge in [-0.3, -0.25) is 9.80 Å². The Labute approximate surface area is 299 Å². The fourth-order valence-electron chi connectivity index (χ4n) is 9.39. The third-order valence-corrected chi connectivity index (χ3v) is 12.2. The number of piperidine rings is 1. The van der Waals surface area contributed by atoms with Gasteiger partial charge in [0, 0.05) is 91.2 Å². The van der Waals surface area contributed by atoms with E-state index in [9.17, 15) is 9.90 Å². The van der Waals surface area contributed by atoms with Gasteiger partial charge < -0.3 is 24.6 Å². The molecule has 9 rings (SSSR count). The molecular weight excluding hydrogens is 642 g/mol. The molecule has 7 heterocycles. The number of amides is 1. The second kappa shape index (κ2) is 12.2. The summed E-state index contributed by atoms with van der Waals surface area (Å²) in [6.45, 7) is 15.1. The normalized spacial score (nSPS) is 23.2. The highest BCUT2D eigenvalue weighted by molar-refractivity contribution is 5.86. The van der Waals surface area contributed by atoms with Crippen molar-refractivity contribution >= 4 is 23.1 Å². The average molecular weight is 692 g/mol. The molecule has 1 atom stereocenters. The first-order valence-electron chi connectivity index (χ1n) is 18.7. The number of aromatic hydroxyl groups is 1. The number of nitrogens with zero attached hydrogens (tertiary/aromatic N) is 8. The van der Waals surface area contributed by atoms with Crippen LogP contribution in [0.1, 0.15) is 82.2 Å². The van der Waals surface area contributed by atoms with Crippen LogP contribution in [-0.4, -0.2) is 115 Å². The predicted molar refractivity (Wildman–Crippen MR) is 195 cm³/mol. The molecule has 51 heavy (non-hydrogen) atoms. The van der Waals surface area contributed by atoms with Crippen molar-refractivity contribution in [1.82, 2.24) is 39.8 Å². The van der Waals surface area contributed by atoms with Crippen LogP contribution in [0, 0.1) is 5.41 Å². The molecule has 4 aromatic rings. The fraction of sp³-hybridized carbons (Fsp3) is 0.564. The molecule has 3 aromatic heterocycles. The number of aromatic nitrogens is 5. The van der Waals surface area contributed by atoms with Crippen LogP contribution in [0.25, 0.3) is 22.3 Å². The molecule has 0 radical (unpaired) electrons. The van der Waals surface area contributed by atoms with Gasteiger partial charge in [0.05, 0.1) is 11.7 Å². The largest absolute Gasteiger partial charge is 0.507 e. The smallest absolute Gasteiger partial charge is 0.410 e. The van der Waals surface area contributed by atoms with Gasteiger partial charge in [0.1, 0.15) is 11.4 Å². The number of ether oxygens (including phenoxy) is 1. The van der Waals surface area contributed by atoms with Crippen molar-refractivity contribution < 1.29 is 14.6 Å². The van der Waals surface area contributed by atoms with Crippen molar-refractivity contribution in [2.75, 3.05) is 50.7 Å². The monoisotopic (exact) mass is 691 g/mol. The molecule has 268 valence electrons. The van der Waals surface area contributed by atoms with Crippen molar-refractivity contribution in [3.8, 4) is 17.0 Å². The number of carbonyl (C=O) groups excluding carboxylic acids is 1. The Balaban J connectivity index is 0.766. The number of phenolic OH excluding ortho intramolecular Hbond substituents is 1. The second-order valence-corrected chi connectivity index (χ2v) is 16.8. The van der Waals surface area contributed by atoms with Crippen molar-refractivity contribution in [2.45, 2.75) is 89.4 Å². The van der Waals surface area contributed by atoms with Crippen LogP contribution in [0.5, 0.6) is 5.75 Å². The maximum atomic E-state index is 12.4. The van der Waals surface area contributed by atoms with Crippen LogP contribution in [-0.2, 0) is 11.2 Å². The first-order valence-corrected chi connectivity index (χ1v) is 18.7. The number of nitrogens with one attached hydrogen (secondary N) is 1. The van der Waals surface area contributed by atoms with E-state index in [4.69, 9.17) is 14.7 Å².